The van der Waals surface area contributed by atoms with Gasteiger partial charge in [0.05, 0.1) is 12.7 Å². The number of hydrogen-bond acceptors (Lipinski definition) is 1. The third-order valence-corrected chi connectivity index (χ3v) is 9.73. The summed E-state index contributed by atoms with van der Waals surface area (Å²) < 4.78 is 6.38. The van der Waals surface area contributed by atoms with Crippen molar-refractivity contribution in [2.24, 2.45) is 34.5 Å². The maximum atomic E-state index is 6.38. The molecule has 1 aromatic rings. The molecule has 4 saturated carbocycles. The van der Waals surface area contributed by atoms with Crippen molar-refractivity contribution in [3.05, 3.63) is 35.9 Å². The van der Waals surface area contributed by atoms with Gasteiger partial charge in [-0.25, -0.2) is 0 Å². The SMILES string of the molecule is C[C@@]12CCC[C@H]1[C@@H]1CC[C@H]3C[C@@H](OCc4ccccc4)CC[C@]3(C)[C@@H]1CC2. The van der Waals surface area contributed by atoms with E-state index in [2.05, 4.69) is 44.2 Å². The number of fused-ring (bicyclic) bond motifs is 5. The summed E-state index contributed by atoms with van der Waals surface area (Å²) >= 11 is 0. The molecule has 0 spiro atoms. The zero-order chi connectivity index (χ0) is 18.5. The highest BCUT2D eigenvalue weighted by Gasteiger charge is 2.57. The summed E-state index contributed by atoms with van der Waals surface area (Å²) in [7, 11) is 0. The summed E-state index contributed by atoms with van der Waals surface area (Å²) in [4.78, 5) is 0. The zero-order valence-corrected chi connectivity index (χ0v) is 17.5. The van der Waals surface area contributed by atoms with E-state index in [0.717, 1.165) is 30.3 Å². The molecule has 1 aromatic carbocycles. The minimum atomic E-state index is 0.486. The molecule has 5 rings (SSSR count). The fourth-order valence-corrected chi connectivity index (χ4v) is 8.15. The predicted octanol–water partition coefficient (Wildman–Crippen LogP) is 7.00. The third-order valence-electron chi connectivity index (χ3n) is 9.73. The molecule has 0 amide bonds. The first-order valence-corrected chi connectivity index (χ1v) is 11.7. The Morgan fingerprint density at radius 3 is 2.59 bits per heavy atom. The van der Waals surface area contributed by atoms with Crippen molar-refractivity contribution in [2.45, 2.75) is 90.8 Å². The van der Waals surface area contributed by atoms with Gasteiger partial charge in [-0.3, -0.25) is 0 Å². The molecule has 27 heavy (non-hydrogen) atoms. The van der Waals surface area contributed by atoms with Crippen LogP contribution in [0.4, 0.5) is 0 Å². The van der Waals surface area contributed by atoms with Crippen LogP contribution in [0.2, 0.25) is 0 Å². The Morgan fingerprint density at radius 2 is 1.74 bits per heavy atom. The van der Waals surface area contributed by atoms with Crippen LogP contribution in [0, 0.1) is 34.5 Å². The molecular weight excluding hydrogens is 328 g/mol. The normalized spacial score (nSPS) is 46.4. The number of rotatable bonds is 3. The third kappa shape index (κ3) is 3.09. The van der Waals surface area contributed by atoms with Crippen LogP contribution in [0.15, 0.2) is 30.3 Å². The summed E-state index contributed by atoms with van der Waals surface area (Å²) in [5, 5.41) is 0. The summed E-state index contributed by atoms with van der Waals surface area (Å²) in [6, 6.07) is 10.7. The molecule has 4 aliphatic carbocycles. The van der Waals surface area contributed by atoms with Crippen LogP contribution in [0.25, 0.3) is 0 Å². The van der Waals surface area contributed by atoms with E-state index in [9.17, 15) is 0 Å². The Bertz CT molecular complexity index is 653. The second kappa shape index (κ2) is 6.90. The van der Waals surface area contributed by atoms with Crippen LogP contribution in [0.3, 0.4) is 0 Å². The van der Waals surface area contributed by atoms with E-state index in [1.807, 2.05) is 0 Å². The molecule has 0 bridgehead atoms. The summed E-state index contributed by atoms with van der Waals surface area (Å²) in [5.41, 5.74) is 2.61. The smallest absolute Gasteiger partial charge is 0.0720 e. The van der Waals surface area contributed by atoms with E-state index < -0.39 is 0 Å². The standard InChI is InChI=1S/C26H38O/c1-25-14-6-9-23(25)22-11-10-20-17-21(27-18-19-7-4-3-5-8-19)12-16-26(20,2)24(22)13-15-25/h3-5,7-8,20-24H,6,9-18H2,1-2H3/t20-,21-,22-,23-,24+,25-,26-/m0/s1. The summed E-state index contributed by atoms with van der Waals surface area (Å²) in [6.45, 7) is 6.10. The minimum absolute atomic E-state index is 0.486. The summed E-state index contributed by atoms with van der Waals surface area (Å²) in [6.07, 6.45) is 15.0. The lowest BCUT2D eigenvalue weighted by molar-refractivity contribution is -0.131. The van der Waals surface area contributed by atoms with Gasteiger partial charge < -0.3 is 4.74 Å². The van der Waals surface area contributed by atoms with Crippen LogP contribution in [0.1, 0.15) is 83.6 Å². The predicted molar refractivity (Wildman–Crippen MR) is 111 cm³/mol. The van der Waals surface area contributed by atoms with Gasteiger partial charge in [-0.2, -0.15) is 0 Å². The number of hydrogen-bond donors (Lipinski definition) is 0. The monoisotopic (exact) mass is 366 g/mol. The second-order valence-electron chi connectivity index (χ2n) is 10.9. The van der Waals surface area contributed by atoms with Gasteiger partial charge in [-0.15, -0.1) is 0 Å². The molecule has 1 nitrogen and oxygen atoms in total. The van der Waals surface area contributed by atoms with Crippen molar-refractivity contribution in [1.29, 1.82) is 0 Å². The van der Waals surface area contributed by atoms with Crippen molar-refractivity contribution in [3.63, 3.8) is 0 Å². The summed E-state index contributed by atoms with van der Waals surface area (Å²) in [5.74, 6) is 3.98. The van der Waals surface area contributed by atoms with Gasteiger partial charge in [0, 0.05) is 0 Å². The molecule has 0 saturated heterocycles. The fraction of sp³-hybridized carbons (Fsp3) is 0.769. The maximum absolute atomic E-state index is 6.38. The number of benzene rings is 1. The van der Waals surface area contributed by atoms with Gasteiger partial charge in [0.15, 0.2) is 0 Å². The lowest BCUT2D eigenvalue weighted by Crippen LogP contribution is -2.53. The molecule has 1 heteroatoms. The highest BCUT2D eigenvalue weighted by molar-refractivity contribution is 5.13. The Hall–Kier alpha value is -0.820. The zero-order valence-electron chi connectivity index (χ0n) is 17.5. The molecule has 0 heterocycles. The molecule has 7 atom stereocenters. The van der Waals surface area contributed by atoms with Crippen LogP contribution in [0.5, 0.6) is 0 Å². The van der Waals surface area contributed by atoms with Crippen LogP contribution >= 0.6 is 0 Å². The molecule has 0 aliphatic heterocycles. The second-order valence-corrected chi connectivity index (χ2v) is 10.9. The van der Waals surface area contributed by atoms with E-state index in [1.54, 1.807) is 0 Å². The van der Waals surface area contributed by atoms with Crippen molar-refractivity contribution in [3.8, 4) is 0 Å². The van der Waals surface area contributed by atoms with Crippen molar-refractivity contribution < 1.29 is 4.74 Å². The average molecular weight is 367 g/mol. The van der Waals surface area contributed by atoms with Gasteiger partial charge in [0.2, 0.25) is 0 Å². The van der Waals surface area contributed by atoms with Gasteiger partial charge >= 0.3 is 0 Å². The minimum Gasteiger partial charge on any atom is -0.374 e. The van der Waals surface area contributed by atoms with Gasteiger partial charge in [-0.1, -0.05) is 50.6 Å². The first-order chi connectivity index (χ1) is 13.1. The topological polar surface area (TPSA) is 9.23 Å². The lowest BCUT2D eigenvalue weighted by atomic mass is 9.45. The molecule has 0 unspecified atom stereocenters. The van der Waals surface area contributed by atoms with Crippen molar-refractivity contribution >= 4 is 0 Å². The maximum Gasteiger partial charge on any atom is 0.0720 e. The van der Waals surface area contributed by atoms with E-state index in [-0.39, 0.29) is 0 Å². The van der Waals surface area contributed by atoms with Gasteiger partial charge in [-0.05, 0) is 97.9 Å². The highest BCUT2D eigenvalue weighted by Crippen LogP contribution is 2.66. The first-order valence-electron chi connectivity index (χ1n) is 11.7. The van der Waals surface area contributed by atoms with E-state index >= 15 is 0 Å². The molecule has 148 valence electrons. The Balaban J connectivity index is 1.25. The van der Waals surface area contributed by atoms with Gasteiger partial charge in [0.1, 0.15) is 0 Å². The molecule has 4 aliphatic rings. The largest absolute Gasteiger partial charge is 0.374 e. The molecular formula is C26H38O. The molecule has 0 N–H and O–H groups in total. The number of ether oxygens (including phenoxy) is 1. The lowest BCUT2D eigenvalue weighted by Gasteiger charge is -2.60. The van der Waals surface area contributed by atoms with Gasteiger partial charge in [0.25, 0.3) is 0 Å². The fourth-order valence-electron chi connectivity index (χ4n) is 8.15. The van der Waals surface area contributed by atoms with Crippen LogP contribution in [-0.4, -0.2) is 6.10 Å². The Kier molecular flexibility index (Phi) is 4.66. The quantitative estimate of drug-likeness (QED) is 0.559. The van der Waals surface area contributed by atoms with Crippen LogP contribution in [-0.2, 0) is 11.3 Å². The van der Waals surface area contributed by atoms with Crippen molar-refractivity contribution in [1.82, 2.24) is 0 Å². The van der Waals surface area contributed by atoms with Crippen molar-refractivity contribution in [2.75, 3.05) is 0 Å². The van der Waals surface area contributed by atoms with E-state index in [0.29, 0.717) is 16.9 Å². The van der Waals surface area contributed by atoms with Crippen LogP contribution < -0.4 is 0 Å². The van der Waals surface area contributed by atoms with E-state index in [1.165, 1.54) is 69.8 Å². The highest BCUT2D eigenvalue weighted by atomic mass is 16.5. The molecule has 4 fully saturated rings. The Labute approximate surface area is 166 Å². The average Bonchev–Trinajstić information content (AvgIpc) is 3.09. The molecule has 0 aromatic heterocycles. The Morgan fingerprint density at radius 1 is 0.889 bits per heavy atom. The molecule has 0 radical (unpaired) electrons. The van der Waals surface area contributed by atoms with E-state index in [4.69, 9.17) is 4.74 Å². The first kappa shape index (κ1) is 18.2.